The van der Waals surface area contributed by atoms with Crippen molar-refractivity contribution < 1.29 is 0 Å². The highest BCUT2D eigenvalue weighted by atomic mass is 32.2. The van der Waals surface area contributed by atoms with Gasteiger partial charge in [-0.3, -0.25) is 0 Å². The van der Waals surface area contributed by atoms with Crippen molar-refractivity contribution in [2.75, 3.05) is 12.8 Å². The van der Waals surface area contributed by atoms with Crippen molar-refractivity contribution in [1.29, 1.82) is 0 Å². The topological polar surface area (TPSA) is 49.3 Å². The summed E-state index contributed by atoms with van der Waals surface area (Å²) in [5, 5.41) is 10.9. The molecule has 1 saturated carbocycles. The Balaban J connectivity index is 1.61. The zero-order valence-corrected chi connectivity index (χ0v) is 16.5. The highest BCUT2D eigenvalue weighted by Crippen LogP contribution is 2.28. The summed E-state index contributed by atoms with van der Waals surface area (Å²) in [4.78, 5) is 9.46. The van der Waals surface area contributed by atoms with Gasteiger partial charge in [-0.2, -0.15) is 11.8 Å². The Labute approximate surface area is 158 Å². The largest absolute Gasteiger partial charge is 0.357 e. The molecule has 0 radical (unpaired) electrons. The fraction of sp³-hybridized carbons (Fsp3) is 0.474. The number of aliphatic imine (C=N–C) groups is 1. The molecule has 0 amide bonds. The Morgan fingerprint density at radius 3 is 2.88 bits per heavy atom. The Hall–Kier alpha value is -1.53. The van der Waals surface area contributed by atoms with Gasteiger partial charge in [-0.15, -0.1) is 11.3 Å². The summed E-state index contributed by atoms with van der Waals surface area (Å²) in [5.41, 5.74) is 2.19. The van der Waals surface area contributed by atoms with E-state index in [0.717, 1.165) is 34.0 Å². The van der Waals surface area contributed by atoms with Crippen molar-refractivity contribution >= 4 is 29.1 Å². The molecule has 0 spiro atoms. The van der Waals surface area contributed by atoms with Crippen LogP contribution in [0.5, 0.6) is 0 Å². The third-order valence-corrected chi connectivity index (χ3v) is 6.33. The lowest BCUT2D eigenvalue weighted by molar-refractivity contribution is 0.615. The van der Waals surface area contributed by atoms with E-state index >= 15 is 0 Å². The van der Waals surface area contributed by atoms with Crippen LogP contribution in [0.25, 0.3) is 11.3 Å². The summed E-state index contributed by atoms with van der Waals surface area (Å²) < 4.78 is 0. The smallest absolute Gasteiger partial charge is 0.191 e. The van der Waals surface area contributed by atoms with E-state index in [1.165, 1.54) is 19.3 Å². The molecule has 2 atom stereocenters. The Bertz CT molecular complexity index is 684. The number of guanidine groups is 1. The van der Waals surface area contributed by atoms with E-state index in [9.17, 15) is 0 Å². The summed E-state index contributed by atoms with van der Waals surface area (Å²) in [6.07, 6.45) is 5.95. The minimum atomic E-state index is 0.534. The summed E-state index contributed by atoms with van der Waals surface area (Å²) in [6.45, 7) is 3.59. The number of rotatable bonds is 6. The predicted molar refractivity (Wildman–Crippen MR) is 110 cm³/mol. The molecule has 1 fully saturated rings. The van der Waals surface area contributed by atoms with Gasteiger partial charge in [-0.05, 0) is 32.4 Å². The minimum Gasteiger partial charge on any atom is -0.357 e. The zero-order valence-electron chi connectivity index (χ0n) is 14.9. The molecule has 25 heavy (non-hydrogen) atoms. The molecule has 134 valence electrons. The SMILES string of the molecule is CCNC(=NCc1nc(-c2ccccc2)cs1)NC1CCC(SC)C1. The first kappa shape index (κ1) is 18.3. The Kier molecular flexibility index (Phi) is 6.76. The molecular weight excluding hydrogens is 348 g/mol. The highest BCUT2D eigenvalue weighted by molar-refractivity contribution is 7.99. The van der Waals surface area contributed by atoms with E-state index in [2.05, 4.69) is 41.3 Å². The number of aromatic nitrogens is 1. The third kappa shape index (κ3) is 5.22. The second kappa shape index (κ2) is 9.25. The minimum absolute atomic E-state index is 0.534. The van der Waals surface area contributed by atoms with E-state index in [-0.39, 0.29) is 0 Å². The second-order valence-electron chi connectivity index (χ2n) is 6.20. The summed E-state index contributed by atoms with van der Waals surface area (Å²) in [7, 11) is 0. The number of thiazole rings is 1. The first-order valence-corrected chi connectivity index (χ1v) is 11.0. The molecule has 2 unspecified atom stereocenters. The van der Waals surface area contributed by atoms with Crippen LogP contribution in [0.2, 0.25) is 0 Å². The van der Waals surface area contributed by atoms with Gasteiger partial charge in [0.2, 0.25) is 0 Å². The summed E-state index contributed by atoms with van der Waals surface area (Å²) in [6, 6.07) is 10.8. The molecule has 4 nitrogen and oxygen atoms in total. The van der Waals surface area contributed by atoms with E-state index in [0.29, 0.717) is 12.6 Å². The van der Waals surface area contributed by atoms with Crippen molar-refractivity contribution in [3.63, 3.8) is 0 Å². The molecular formula is C19H26N4S2. The molecule has 0 saturated heterocycles. The molecule has 1 aromatic heterocycles. The van der Waals surface area contributed by atoms with Crippen LogP contribution in [0.1, 0.15) is 31.2 Å². The molecule has 1 aliphatic carbocycles. The highest BCUT2D eigenvalue weighted by Gasteiger charge is 2.24. The molecule has 3 rings (SSSR count). The Morgan fingerprint density at radius 1 is 1.32 bits per heavy atom. The molecule has 6 heteroatoms. The lowest BCUT2D eigenvalue weighted by atomic mass is 10.2. The number of hydrogen-bond acceptors (Lipinski definition) is 4. The van der Waals surface area contributed by atoms with Gasteiger partial charge in [0.15, 0.2) is 5.96 Å². The molecule has 0 aliphatic heterocycles. The van der Waals surface area contributed by atoms with Gasteiger partial charge in [-0.1, -0.05) is 30.3 Å². The van der Waals surface area contributed by atoms with Crippen molar-refractivity contribution in [1.82, 2.24) is 15.6 Å². The lowest BCUT2D eigenvalue weighted by Gasteiger charge is -2.17. The Morgan fingerprint density at radius 2 is 2.16 bits per heavy atom. The second-order valence-corrected chi connectivity index (χ2v) is 8.28. The van der Waals surface area contributed by atoms with Crippen molar-refractivity contribution in [3.8, 4) is 11.3 Å². The number of hydrogen-bond donors (Lipinski definition) is 2. The molecule has 2 aromatic rings. The van der Waals surface area contributed by atoms with E-state index < -0.39 is 0 Å². The van der Waals surface area contributed by atoms with Crippen molar-refractivity contribution in [3.05, 3.63) is 40.7 Å². The number of benzene rings is 1. The maximum atomic E-state index is 4.74. The zero-order chi connectivity index (χ0) is 17.5. The van der Waals surface area contributed by atoms with Gasteiger partial charge < -0.3 is 10.6 Å². The third-order valence-electron chi connectivity index (χ3n) is 4.40. The standard InChI is InChI=1S/C19H26N4S2/c1-3-20-19(22-15-9-10-16(11-15)24-2)21-12-18-23-17(13-25-18)14-7-5-4-6-8-14/h4-8,13,15-16H,3,9-12H2,1-2H3,(H2,20,21,22). The molecule has 0 bridgehead atoms. The van der Waals surface area contributed by atoms with Gasteiger partial charge in [0, 0.05) is 28.8 Å². The van der Waals surface area contributed by atoms with Gasteiger partial charge in [0.1, 0.15) is 5.01 Å². The van der Waals surface area contributed by atoms with Crippen LogP contribution >= 0.6 is 23.1 Å². The van der Waals surface area contributed by atoms with Gasteiger partial charge in [0.05, 0.1) is 12.2 Å². The first-order chi connectivity index (χ1) is 12.3. The van der Waals surface area contributed by atoms with Crippen LogP contribution in [0, 0.1) is 0 Å². The summed E-state index contributed by atoms with van der Waals surface area (Å²) in [5.74, 6) is 0.908. The van der Waals surface area contributed by atoms with Crippen LogP contribution in [0.15, 0.2) is 40.7 Å². The molecule has 1 aliphatic rings. The van der Waals surface area contributed by atoms with Crippen molar-refractivity contribution in [2.45, 2.75) is 44.0 Å². The average molecular weight is 375 g/mol. The quantitative estimate of drug-likeness (QED) is 0.589. The number of nitrogens with zero attached hydrogens (tertiary/aromatic N) is 2. The van der Waals surface area contributed by atoms with Gasteiger partial charge in [-0.25, -0.2) is 9.98 Å². The van der Waals surface area contributed by atoms with Crippen LogP contribution < -0.4 is 10.6 Å². The maximum absolute atomic E-state index is 4.74. The average Bonchev–Trinajstić information content (AvgIpc) is 3.30. The lowest BCUT2D eigenvalue weighted by Crippen LogP contribution is -2.42. The van der Waals surface area contributed by atoms with Crippen LogP contribution in [-0.4, -0.2) is 35.0 Å². The molecule has 1 heterocycles. The van der Waals surface area contributed by atoms with Gasteiger partial charge >= 0.3 is 0 Å². The predicted octanol–water partition coefficient (Wildman–Crippen LogP) is 4.15. The fourth-order valence-electron chi connectivity index (χ4n) is 3.07. The van der Waals surface area contributed by atoms with Crippen LogP contribution in [-0.2, 0) is 6.54 Å². The fourth-order valence-corrected chi connectivity index (χ4v) is 4.59. The number of thioether (sulfide) groups is 1. The van der Waals surface area contributed by atoms with Crippen molar-refractivity contribution in [2.24, 2.45) is 4.99 Å². The molecule has 2 N–H and O–H groups in total. The van der Waals surface area contributed by atoms with Crippen LogP contribution in [0.4, 0.5) is 0 Å². The first-order valence-electron chi connectivity index (χ1n) is 8.86. The van der Waals surface area contributed by atoms with Gasteiger partial charge in [0.25, 0.3) is 0 Å². The normalized spacial score (nSPS) is 20.6. The van der Waals surface area contributed by atoms with E-state index in [1.807, 2.05) is 30.0 Å². The van der Waals surface area contributed by atoms with E-state index in [1.54, 1.807) is 11.3 Å². The maximum Gasteiger partial charge on any atom is 0.191 e. The summed E-state index contributed by atoms with van der Waals surface area (Å²) >= 11 is 3.65. The number of nitrogens with one attached hydrogen (secondary N) is 2. The monoisotopic (exact) mass is 374 g/mol. The molecule has 1 aromatic carbocycles. The van der Waals surface area contributed by atoms with Crippen LogP contribution in [0.3, 0.4) is 0 Å². The van der Waals surface area contributed by atoms with E-state index in [4.69, 9.17) is 9.98 Å².